The SMILES string of the molecule is CCCS(=O)(=O)NC1CCN(c2ccc3nnc(C)n3n2)CC1. The third kappa shape index (κ3) is 3.61. The van der Waals surface area contributed by atoms with Crippen LogP contribution < -0.4 is 9.62 Å². The van der Waals surface area contributed by atoms with Crippen LogP contribution in [0.1, 0.15) is 32.0 Å². The summed E-state index contributed by atoms with van der Waals surface area (Å²) in [5.41, 5.74) is 0.730. The zero-order valence-electron chi connectivity index (χ0n) is 13.4. The normalized spacial score (nSPS) is 17.0. The summed E-state index contributed by atoms with van der Waals surface area (Å²) in [6, 6.07) is 3.85. The van der Waals surface area contributed by atoms with Gasteiger partial charge in [-0.1, -0.05) is 6.92 Å². The molecule has 1 aliphatic heterocycles. The number of hydrogen-bond donors (Lipinski definition) is 1. The van der Waals surface area contributed by atoms with Gasteiger partial charge in [-0.2, -0.15) is 4.52 Å². The maximum absolute atomic E-state index is 11.9. The number of fused-ring (bicyclic) bond motifs is 1. The number of aromatic nitrogens is 4. The summed E-state index contributed by atoms with van der Waals surface area (Å²) in [6.07, 6.45) is 2.20. The number of anilines is 1. The molecule has 0 saturated carbocycles. The summed E-state index contributed by atoms with van der Waals surface area (Å²) >= 11 is 0. The van der Waals surface area contributed by atoms with Crippen LogP contribution in [0.5, 0.6) is 0 Å². The van der Waals surface area contributed by atoms with Crippen LogP contribution in [0.4, 0.5) is 5.82 Å². The van der Waals surface area contributed by atoms with Gasteiger partial charge in [0.25, 0.3) is 0 Å². The monoisotopic (exact) mass is 338 g/mol. The first-order valence-electron chi connectivity index (χ1n) is 7.92. The van der Waals surface area contributed by atoms with Gasteiger partial charge in [0.05, 0.1) is 5.75 Å². The third-order valence-electron chi connectivity index (χ3n) is 4.04. The first-order chi connectivity index (χ1) is 11.0. The summed E-state index contributed by atoms with van der Waals surface area (Å²) in [6.45, 7) is 5.29. The smallest absolute Gasteiger partial charge is 0.211 e. The van der Waals surface area contributed by atoms with Crippen LogP contribution in [0.2, 0.25) is 0 Å². The largest absolute Gasteiger partial charge is 0.355 e. The molecule has 9 heteroatoms. The molecule has 0 aliphatic carbocycles. The molecule has 0 bridgehead atoms. The van der Waals surface area contributed by atoms with Crippen molar-refractivity contribution in [3.05, 3.63) is 18.0 Å². The van der Waals surface area contributed by atoms with E-state index in [4.69, 9.17) is 0 Å². The van der Waals surface area contributed by atoms with Crippen molar-refractivity contribution in [2.75, 3.05) is 23.7 Å². The van der Waals surface area contributed by atoms with Crippen LogP contribution in [-0.4, -0.2) is 53.1 Å². The highest BCUT2D eigenvalue weighted by Crippen LogP contribution is 2.19. The zero-order chi connectivity index (χ0) is 16.4. The summed E-state index contributed by atoms with van der Waals surface area (Å²) in [5.74, 6) is 1.82. The number of nitrogens with zero attached hydrogens (tertiary/aromatic N) is 5. The van der Waals surface area contributed by atoms with E-state index in [1.807, 2.05) is 26.0 Å². The van der Waals surface area contributed by atoms with Gasteiger partial charge in [0, 0.05) is 19.1 Å². The van der Waals surface area contributed by atoms with Gasteiger partial charge in [-0.15, -0.1) is 15.3 Å². The maximum Gasteiger partial charge on any atom is 0.211 e. The van der Waals surface area contributed by atoms with E-state index >= 15 is 0 Å². The molecule has 126 valence electrons. The van der Waals surface area contributed by atoms with E-state index in [2.05, 4.69) is 24.9 Å². The summed E-state index contributed by atoms with van der Waals surface area (Å²) in [5, 5.41) is 12.6. The molecule has 3 heterocycles. The second-order valence-corrected chi connectivity index (χ2v) is 7.78. The number of hydrogen-bond acceptors (Lipinski definition) is 6. The maximum atomic E-state index is 11.9. The second-order valence-electron chi connectivity index (χ2n) is 5.91. The van der Waals surface area contributed by atoms with Crippen molar-refractivity contribution in [2.24, 2.45) is 0 Å². The molecule has 3 rings (SSSR count). The Kier molecular flexibility index (Phi) is 4.49. The van der Waals surface area contributed by atoms with Crippen LogP contribution in [0.15, 0.2) is 12.1 Å². The standard InChI is InChI=1S/C14H22N6O2S/c1-3-10-23(21,22)18-12-6-8-19(9-7-12)14-5-4-13-16-15-11(2)20(13)17-14/h4-5,12,18H,3,6-10H2,1-2H3. The molecular formula is C14H22N6O2S. The molecule has 8 nitrogen and oxygen atoms in total. The fourth-order valence-electron chi connectivity index (χ4n) is 2.86. The van der Waals surface area contributed by atoms with Gasteiger partial charge in [0.1, 0.15) is 5.82 Å². The molecule has 23 heavy (non-hydrogen) atoms. The van der Waals surface area contributed by atoms with Crippen molar-refractivity contribution in [1.29, 1.82) is 0 Å². The molecule has 1 aliphatic rings. The average molecular weight is 338 g/mol. The molecule has 0 atom stereocenters. The van der Waals surface area contributed by atoms with Gasteiger partial charge in [0.15, 0.2) is 11.5 Å². The summed E-state index contributed by atoms with van der Waals surface area (Å²) < 4.78 is 28.2. The zero-order valence-corrected chi connectivity index (χ0v) is 14.3. The Morgan fingerprint density at radius 3 is 2.70 bits per heavy atom. The molecule has 2 aromatic heterocycles. The first kappa shape index (κ1) is 16.1. The van der Waals surface area contributed by atoms with Gasteiger partial charge in [0.2, 0.25) is 10.0 Å². The quantitative estimate of drug-likeness (QED) is 0.864. The minimum atomic E-state index is -3.15. The minimum absolute atomic E-state index is 0.0168. The van der Waals surface area contributed by atoms with E-state index in [1.54, 1.807) is 4.52 Å². The van der Waals surface area contributed by atoms with Crippen LogP contribution in [0.25, 0.3) is 5.65 Å². The van der Waals surface area contributed by atoms with E-state index in [0.717, 1.165) is 43.2 Å². The molecule has 0 unspecified atom stereocenters. The molecule has 0 spiro atoms. The summed E-state index contributed by atoms with van der Waals surface area (Å²) in [4.78, 5) is 2.17. The van der Waals surface area contributed by atoms with Gasteiger partial charge in [-0.25, -0.2) is 13.1 Å². The van der Waals surface area contributed by atoms with Crippen molar-refractivity contribution in [1.82, 2.24) is 24.5 Å². The summed E-state index contributed by atoms with van der Waals surface area (Å²) in [7, 11) is -3.15. The van der Waals surface area contributed by atoms with E-state index in [0.29, 0.717) is 6.42 Å². The number of nitrogens with one attached hydrogen (secondary N) is 1. The van der Waals surface area contributed by atoms with Crippen LogP contribution in [0.3, 0.4) is 0 Å². The predicted octanol–water partition coefficient (Wildman–Crippen LogP) is 0.731. The van der Waals surface area contributed by atoms with E-state index in [-0.39, 0.29) is 11.8 Å². The molecule has 1 fully saturated rings. The van der Waals surface area contributed by atoms with Gasteiger partial charge in [-0.3, -0.25) is 0 Å². The number of rotatable bonds is 5. The highest BCUT2D eigenvalue weighted by atomic mass is 32.2. The fourth-order valence-corrected chi connectivity index (χ4v) is 4.26. The number of sulfonamides is 1. The van der Waals surface area contributed by atoms with Crippen molar-refractivity contribution in [3.8, 4) is 0 Å². The Balaban J connectivity index is 1.65. The lowest BCUT2D eigenvalue weighted by molar-refractivity contribution is 0.457. The second kappa shape index (κ2) is 6.40. The Morgan fingerprint density at radius 2 is 2.00 bits per heavy atom. The molecule has 1 saturated heterocycles. The lowest BCUT2D eigenvalue weighted by atomic mass is 10.1. The molecule has 2 aromatic rings. The van der Waals surface area contributed by atoms with Gasteiger partial charge >= 0.3 is 0 Å². The van der Waals surface area contributed by atoms with Crippen molar-refractivity contribution >= 4 is 21.5 Å². The average Bonchev–Trinajstić information content (AvgIpc) is 2.88. The highest BCUT2D eigenvalue weighted by molar-refractivity contribution is 7.89. The lowest BCUT2D eigenvalue weighted by Gasteiger charge is -2.32. The van der Waals surface area contributed by atoms with Crippen LogP contribution >= 0.6 is 0 Å². The van der Waals surface area contributed by atoms with Gasteiger partial charge < -0.3 is 4.90 Å². The first-order valence-corrected chi connectivity index (χ1v) is 9.58. The minimum Gasteiger partial charge on any atom is -0.355 e. The number of aryl methyl sites for hydroxylation is 1. The highest BCUT2D eigenvalue weighted by Gasteiger charge is 2.24. The van der Waals surface area contributed by atoms with E-state index in [1.165, 1.54) is 0 Å². The van der Waals surface area contributed by atoms with E-state index in [9.17, 15) is 8.42 Å². The molecule has 1 N–H and O–H groups in total. The predicted molar refractivity (Wildman–Crippen MR) is 88.0 cm³/mol. The Hall–Kier alpha value is -1.74. The topological polar surface area (TPSA) is 92.5 Å². The molecular weight excluding hydrogens is 316 g/mol. The molecule has 0 aromatic carbocycles. The number of piperidine rings is 1. The van der Waals surface area contributed by atoms with Gasteiger partial charge in [-0.05, 0) is 38.3 Å². The van der Waals surface area contributed by atoms with E-state index < -0.39 is 10.0 Å². The van der Waals surface area contributed by atoms with Crippen LogP contribution in [-0.2, 0) is 10.0 Å². The van der Waals surface area contributed by atoms with Crippen LogP contribution in [0, 0.1) is 6.92 Å². The van der Waals surface area contributed by atoms with Crippen molar-refractivity contribution in [2.45, 2.75) is 39.2 Å². The Bertz CT molecular complexity index is 780. The third-order valence-corrected chi connectivity index (χ3v) is 5.68. The Morgan fingerprint density at radius 1 is 1.26 bits per heavy atom. The Labute approximate surface area is 135 Å². The molecule has 0 radical (unpaired) electrons. The molecule has 0 amide bonds. The fraction of sp³-hybridized carbons (Fsp3) is 0.643. The van der Waals surface area contributed by atoms with Crippen molar-refractivity contribution < 1.29 is 8.42 Å². The lowest BCUT2D eigenvalue weighted by Crippen LogP contribution is -2.45. The van der Waals surface area contributed by atoms with Crippen molar-refractivity contribution in [3.63, 3.8) is 0 Å².